The second kappa shape index (κ2) is 7.00. The monoisotopic (exact) mass is 322 g/mol. The highest BCUT2D eigenvalue weighted by Gasteiger charge is 2.14. The molecule has 0 bridgehead atoms. The number of aryl methyl sites for hydroxylation is 2. The molecule has 24 heavy (non-hydrogen) atoms. The number of carbonyl (C=O) groups is 1. The molecule has 1 amide bonds. The van der Waals surface area contributed by atoms with Gasteiger partial charge in [0.2, 0.25) is 0 Å². The van der Waals surface area contributed by atoms with Gasteiger partial charge in [-0.2, -0.15) is 5.10 Å². The number of rotatable bonds is 3. The minimum atomic E-state index is -0.196. The smallest absolute Gasteiger partial charge is 0.267 e. The highest BCUT2D eigenvalue weighted by Crippen LogP contribution is 2.22. The largest absolute Gasteiger partial charge is 0.271 e. The van der Waals surface area contributed by atoms with Gasteiger partial charge in [-0.25, -0.2) is 5.43 Å². The first-order valence-corrected chi connectivity index (χ1v) is 8.21. The van der Waals surface area contributed by atoms with Gasteiger partial charge >= 0.3 is 0 Å². The summed E-state index contributed by atoms with van der Waals surface area (Å²) in [4.78, 5) is 12.2. The van der Waals surface area contributed by atoms with Gasteiger partial charge in [-0.15, -0.1) is 0 Å². The van der Waals surface area contributed by atoms with Crippen molar-refractivity contribution in [3.8, 4) is 0 Å². The maximum Gasteiger partial charge on any atom is 0.271 e. The summed E-state index contributed by atoms with van der Waals surface area (Å²) in [5, 5.41) is 4.23. The molecule has 0 spiro atoms. The van der Waals surface area contributed by atoms with Gasteiger partial charge in [0.15, 0.2) is 0 Å². The van der Waals surface area contributed by atoms with E-state index in [1.807, 2.05) is 37.3 Å². The molecular weight excluding hydrogens is 296 g/mol. The number of nitrogens with zero attached hydrogens (tertiary/aromatic N) is 1. The zero-order chi connectivity index (χ0) is 17.9. The van der Waals surface area contributed by atoms with Crippen LogP contribution in [0.1, 0.15) is 60.3 Å². The van der Waals surface area contributed by atoms with Crippen LogP contribution in [0.4, 0.5) is 0 Å². The highest BCUT2D eigenvalue weighted by molar-refractivity contribution is 6.01. The third-order valence-corrected chi connectivity index (χ3v) is 4.26. The lowest BCUT2D eigenvalue weighted by atomic mass is 9.87. The van der Waals surface area contributed by atoms with Crippen LogP contribution in [-0.4, -0.2) is 11.6 Å². The number of hydrogen-bond donors (Lipinski definition) is 1. The van der Waals surface area contributed by atoms with Crippen LogP contribution in [-0.2, 0) is 5.41 Å². The SMILES string of the molecule is C/C(=N/NC(=O)c1ccc(C(C)(C)C)cc1)c1ccc(C)c(C)c1. The number of amides is 1. The van der Waals surface area contributed by atoms with Gasteiger partial charge in [0.1, 0.15) is 0 Å². The maximum absolute atomic E-state index is 12.2. The van der Waals surface area contributed by atoms with E-state index in [-0.39, 0.29) is 11.3 Å². The van der Waals surface area contributed by atoms with Crippen LogP contribution < -0.4 is 5.43 Å². The minimum Gasteiger partial charge on any atom is -0.267 e. The molecule has 126 valence electrons. The fourth-order valence-electron chi connectivity index (χ4n) is 2.35. The zero-order valence-electron chi connectivity index (χ0n) is 15.4. The van der Waals surface area contributed by atoms with Crippen LogP contribution in [0.2, 0.25) is 0 Å². The van der Waals surface area contributed by atoms with Crippen molar-refractivity contribution in [2.75, 3.05) is 0 Å². The molecule has 0 aliphatic rings. The van der Waals surface area contributed by atoms with E-state index >= 15 is 0 Å². The second-order valence-corrected chi connectivity index (χ2v) is 7.26. The van der Waals surface area contributed by atoms with Gasteiger partial charge in [0.25, 0.3) is 5.91 Å². The average Bonchev–Trinajstić information content (AvgIpc) is 2.54. The first kappa shape index (κ1) is 17.9. The predicted molar refractivity (Wildman–Crippen MR) is 101 cm³/mol. The lowest BCUT2D eigenvalue weighted by Gasteiger charge is -2.18. The second-order valence-electron chi connectivity index (χ2n) is 7.26. The summed E-state index contributed by atoms with van der Waals surface area (Å²) in [5.74, 6) is -0.196. The minimum absolute atomic E-state index is 0.0764. The Labute approximate surface area is 144 Å². The number of benzene rings is 2. The van der Waals surface area contributed by atoms with Crippen molar-refractivity contribution in [3.63, 3.8) is 0 Å². The van der Waals surface area contributed by atoms with Gasteiger partial charge in [0.05, 0.1) is 5.71 Å². The van der Waals surface area contributed by atoms with Crippen LogP contribution in [0.15, 0.2) is 47.6 Å². The van der Waals surface area contributed by atoms with E-state index in [9.17, 15) is 4.79 Å². The Balaban J connectivity index is 2.10. The fourth-order valence-corrected chi connectivity index (χ4v) is 2.35. The Hall–Kier alpha value is -2.42. The van der Waals surface area contributed by atoms with E-state index in [2.05, 4.69) is 57.3 Å². The molecule has 0 aliphatic heterocycles. The van der Waals surface area contributed by atoms with Crippen molar-refractivity contribution < 1.29 is 4.79 Å². The van der Waals surface area contributed by atoms with Crippen molar-refractivity contribution in [1.29, 1.82) is 0 Å². The summed E-state index contributed by atoms with van der Waals surface area (Å²) in [6, 6.07) is 13.8. The van der Waals surface area contributed by atoms with Gasteiger partial charge in [-0.05, 0) is 66.6 Å². The first-order chi connectivity index (χ1) is 11.2. The predicted octanol–water partition coefficient (Wildman–Crippen LogP) is 4.75. The number of nitrogens with one attached hydrogen (secondary N) is 1. The summed E-state index contributed by atoms with van der Waals surface area (Å²) in [6.07, 6.45) is 0. The molecule has 0 fully saturated rings. The summed E-state index contributed by atoms with van der Waals surface area (Å²) in [7, 11) is 0. The van der Waals surface area contributed by atoms with Crippen molar-refractivity contribution >= 4 is 11.6 Å². The Kier molecular flexibility index (Phi) is 5.23. The van der Waals surface area contributed by atoms with Gasteiger partial charge in [-0.3, -0.25) is 4.79 Å². The normalized spacial score (nSPS) is 12.2. The molecule has 3 heteroatoms. The third-order valence-electron chi connectivity index (χ3n) is 4.26. The molecular formula is C21H26N2O. The molecule has 0 radical (unpaired) electrons. The van der Waals surface area contributed by atoms with Crippen molar-refractivity contribution in [3.05, 3.63) is 70.3 Å². The lowest BCUT2D eigenvalue weighted by molar-refractivity contribution is 0.0955. The summed E-state index contributed by atoms with van der Waals surface area (Å²) < 4.78 is 0. The molecule has 2 aromatic rings. The van der Waals surface area contributed by atoms with Crippen LogP contribution >= 0.6 is 0 Å². The van der Waals surface area contributed by atoms with E-state index < -0.39 is 0 Å². The van der Waals surface area contributed by atoms with E-state index in [1.165, 1.54) is 16.7 Å². The molecule has 2 rings (SSSR count). The van der Waals surface area contributed by atoms with Crippen LogP contribution in [0.3, 0.4) is 0 Å². The van der Waals surface area contributed by atoms with Crippen LogP contribution in [0, 0.1) is 13.8 Å². The molecule has 3 nitrogen and oxygen atoms in total. The Bertz CT molecular complexity index is 765. The van der Waals surface area contributed by atoms with Gasteiger partial charge < -0.3 is 0 Å². The molecule has 0 saturated heterocycles. The van der Waals surface area contributed by atoms with Crippen molar-refractivity contribution in [1.82, 2.24) is 5.43 Å². The van der Waals surface area contributed by atoms with E-state index in [0.29, 0.717) is 5.56 Å². The molecule has 0 heterocycles. The summed E-state index contributed by atoms with van der Waals surface area (Å²) in [6.45, 7) is 12.5. The van der Waals surface area contributed by atoms with E-state index in [1.54, 1.807) is 0 Å². The molecule has 0 unspecified atom stereocenters. The number of hydrogen-bond acceptors (Lipinski definition) is 2. The Morgan fingerprint density at radius 2 is 1.50 bits per heavy atom. The first-order valence-electron chi connectivity index (χ1n) is 8.21. The molecule has 2 aromatic carbocycles. The van der Waals surface area contributed by atoms with Gasteiger partial charge in [0, 0.05) is 5.56 Å². The molecule has 1 N–H and O–H groups in total. The van der Waals surface area contributed by atoms with Crippen LogP contribution in [0.25, 0.3) is 0 Å². The Morgan fingerprint density at radius 1 is 0.917 bits per heavy atom. The Morgan fingerprint density at radius 3 is 2.04 bits per heavy atom. The molecule has 0 atom stereocenters. The number of hydrazone groups is 1. The van der Waals surface area contributed by atoms with Crippen molar-refractivity contribution in [2.45, 2.75) is 47.0 Å². The standard InChI is InChI=1S/C21H26N2O/c1-14-7-8-18(13-15(14)2)16(3)22-23-20(24)17-9-11-19(12-10-17)21(4,5)6/h7-13H,1-6H3,(H,23,24)/b22-16-. The topological polar surface area (TPSA) is 41.5 Å². The summed E-state index contributed by atoms with van der Waals surface area (Å²) in [5.41, 5.74) is 8.79. The van der Waals surface area contributed by atoms with Crippen LogP contribution in [0.5, 0.6) is 0 Å². The van der Waals surface area contributed by atoms with Crippen molar-refractivity contribution in [2.24, 2.45) is 5.10 Å². The maximum atomic E-state index is 12.2. The zero-order valence-corrected chi connectivity index (χ0v) is 15.4. The van der Waals surface area contributed by atoms with E-state index in [4.69, 9.17) is 0 Å². The molecule has 0 saturated carbocycles. The van der Waals surface area contributed by atoms with Gasteiger partial charge in [-0.1, -0.05) is 45.0 Å². The molecule has 0 aromatic heterocycles. The lowest BCUT2D eigenvalue weighted by Crippen LogP contribution is -2.20. The fraction of sp³-hybridized carbons (Fsp3) is 0.333. The van der Waals surface area contributed by atoms with E-state index in [0.717, 1.165) is 11.3 Å². The quantitative estimate of drug-likeness (QED) is 0.643. The third kappa shape index (κ3) is 4.31. The highest BCUT2D eigenvalue weighted by atomic mass is 16.2. The average molecular weight is 322 g/mol. The number of carbonyl (C=O) groups excluding carboxylic acids is 1. The molecule has 0 aliphatic carbocycles. The summed E-state index contributed by atoms with van der Waals surface area (Å²) >= 11 is 0.